The molecule has 0 saturated heterocycles. The molecular weight excluding hydrogens is 236 g/mol. The van der Waals surface area contributed by atoms with Gasteiger partial charge in [-0.3, -0.25) is 0 Å². The van der Waals surface area contributed by atoms with E-state index in [9.17, 15) is 5.11 Å². The Morgan fingerprint density at radius 3 is 1.65 bits per heavy atom. The summed E-state index contributed by atoms with van der Waals surface area (Å²) in [5.74, 6) is 0. The quantitative estimate of drug-likeness (QED) is 0.799. The summed E-state index contributed by atoms with van der Waals surface area (Å²) in [6, 6.07) is 7.45. The molecule has 0 heterocycles. The summed E-state index contributed by atoms with van der Waals surface area (Å²) in [6.45, 7) is 3.49. The second-order valence-corrected chi connectivity index (χ2v) is 7.22. The van der Waals surface area contributed by atoms with Crippen molar-refractivity contribution in [3.05, 3.63) is 29.8 Å². The smallest absolute Gasteiger partial charge is 0.386 e. The molecule has 0 atom stereocenters. The van der Waals surface area contributed by atoms with Crippen molar-refractivity contribution in [3.63, 3.8) is 0 Å². The van der Waals surface area contributed by atoms with Crippen molar-refractivity contribution in [1.29, 1.82) is 0 Å². The van der Waals surface area contributed by atoms with E-state index in [1.165, 1.54) is 0 Å². The number of benzene rings is 1. The first-order valence-electron chi connectivity index (χ1n) is 5.38. The summed E-state index contributed by atoms with van der Waals surface area (Å²) in [5, 5.41) is 10.7. The molecule has 0 unspecified atom stereocenters. The number of hydrogen-bond donors (Lipinski definition) is 1. The van der Waals surface area contributed by atoms with Crippen LogP contribution >= 0.6 is 0 Å². The zero-order valence-electron chi connectivity index (χ0n) is 11.0. The summed E-state index contributed by atoms with van der Waals surface area (Å²) < 4.78 is 16.1. The van der Waals surface area contributed by atoms with Crippen molar-refractivity contribution in [3.8, 4) is 0 Å². The third kappa shape index (κ3) is 2.94. The summed E-state index contributed by atoms with van der Waals surface area (Å²) >= 11 is 0. The molecule has 5 heteroatoms. The van der Waals surface area contributed by atoms with Crippen LogP contribution in [0.4, 0.5) is 0 Å². The van der Waals surface area contributed by atoms with Crippen LogP contribution in [-0.4, -0.2) is 35.2 Å². The molecule has 0 saturated carbocycles. The maximum atomic E-state index is 9.87. The molecule has 0 aliphatic carbocycles. The maximum absolute atomic E-state index is 9.87. The van der Waals surface area contributed by atoms with Crippen LogP contribution in [0.15, 0.2) is 24.3 Å². The Balaban J connectivity index is 3.09. The van der Waals surface area contributed by atoms with Crippen molar-refractivity contribution in [1.82, 2.24) is 0 Å². The average molecular weight is 256 g/mol. The van der Waals surface area contributed by atoms with Gasteiger partial charge in [-0.2, -0.15) is 0 Å². The molecule has 0 spiro atoms. The molecule has 0 fully saturated rings. The lowest BCUT2D eigenvalue weighted by molar-refractivity contribution is 0.0785. The Morgan fingerprint density at radius 1 is 0.941 bits per heavy atom. The lowest BCUT2D eigenvalue weighted by atomic mass is 9.99. The number of rotatable bonds is 5. The lowest BCUT2D eigenvalue weighted by Crippen LogP contribution is -2.54. The van der Waals surface area contributed by atoms with Crippen LogP contribution in [-0.2, 0) is 18.9 Å². The van der Waals surface area contributed by atoms with Gasteiger partial charge in [-0.15, -0.1) is 0 Å². The third-order valence-electron chi connectivity index (χ3n) is 2.75. The van der Waals surface area contributed by atoms with E-state index in [4.69, 9.17) is 13.3 Å². The van der Waals surface area contributed by atoms with Gasteiger partial charge in [0.25, 0.3) is 0 Å². The summed E-state index contributed by atoms with van der Waals surface area (Å²) in [6.07, 6.45) is 0. The summed E-state index contributed by atoms with van der Waals surface area (Å²) in [5.41, 5.74) is -0.0110. The van der Waals surface area contributed by atoms with E-state index in [0.717, 1.165) is 10.8 Å². The fourth-order valence-electron chi connectivity index (χ4n) is 1.69. The molecule has 1 N–H and O–H groups in total. The van der Waals surface area contributed by atoms with Gasteiger partial charge in [-0.05, 0) is 19.4 Å². The summed E-state index contributed by atoms with van der Waals surface area (Å²) in [4.78, 5) is 0. The predicted molar refractivity (Wildman–Crippen MR) is 68.1 cm³/mol. The van der Waals surface area contributed by atoms with E-state index >= 15 is 0 Å². The zero-order chi connectivity index (χ0) is 13.1. The Labute approximate surface area is 104 Å². The van der Waals surface area contributed by atoms with E-state index in [-0.39, 0.29) is 0 Å². The van der Waals surface area contributed by atoms with Crippen LogP contribution in [0.25, 0.3) is 0 Å². The first kappa shape index (κ1) is 14.3. The van der Waals surface area contributed by atoms with Crippen molar-refractivity contribution < 1.29 is 18.4 Å². The summed E-state index contributed by atoms with van der Waals surface area (Å²) in [7, 11) is 1.96. The molecule has 0 aromatic heterocycles. The highest BCUT2D eigenvalue weighted by Crippen LogP contribution is 2.19. The largest absolute Gasteiger partial charge is 0.536 e. The second kappa shape index (κ2) is 5.28. The zero-order valence-corrected chi connectivity index (χ0v) is 12.0. The van der Waals surface area contributed by atoms with Crippen LogP contribution in [0, 0.1) is 0 Å². The van der Waals surface area contributed by atoms with Gasteiger partial charge in [-0.25, -0.2) is 0 Å². The van der Waals surface area contributed by atoms with Gasteiger partial charge >= 0.3 is 8.80 Å². The second-order valence-electron chi connectivity index (χ2n) is 4.30. The molecule has 0 amide bonds. The van der Waals surface area contributed by atoms with Crippen LogP contribution in [0.1, 0.15) is 19.4 Å². The average Bonchev–Trinajstić information content (AvgIpc) is 2.32. The topological polar surface area (TPSA) is 47.9 Å². The van der Waals surface area contributed by atoms with E-state index < -0.39 is 14.4 Å². The third-order valence-corrected chi connectivity index (χ3v) is 5.40. The van der Waals surface area contributed by atoms with Crippen LogP contribution in [0.2, 0.25) is 0 Å². The standard InChI is InChI=1S/C12H20O4Si/c1-12(2,13)10-6-8-11(9-7-10)17(14-3,15-4)16-5/h6-9,13H,1-5H3. The number of aliphatic hydroxyl groups is 1. The molecule has 0 aliphatic heterocycles. The van der Waals surface area contributed by atoms with Crippen molar-refractivity contribution >= 4 is 14.0 Å². The van der Waals surface area contributed by atoms with Gasteiger partial charge in [0.1, 0.15) is 0 Å². The molecule has 96 valence electrons. The molecule has 0 radical (unpaired) electrons. The lowest BCUT2D eigenvalue weighted by Gasteiger charge is -2.25. The highest BCUT2D eigenvalue weighted by atomic mass is 28.4. The first-order chi connectivity index (χ1) is 7.89. The van der Waals surface area contributed by atoms with Gasteiger partial charge in [0, 0.05) is 26.5 Å². The molecular formula is C12H20O4Si. The normalized spacial score (nSPS) is 12.8. The van der Waals surface area contributed by atoms with Crippen LogP contribution in [0.3, 0.4) is 0 Å². The molecule has 1 aromatic carbocycles. The van der Waals surface area contributed by atoms with Gasteiger partial charge in [0.05, 0.1) is 5.60 Å². The fourth-order valence-corrected chi connectivity index (χ4v) is 3.47. The molecule has 17 heavy (non-hydrogen) atoms. The minimum absolute atomic E-state index is 0.840. The minimum atomic E-state index is -2.76. The number of hydrogen-bond acceptors (Lipinski definition) is 4. The highest BCUT2D eigenvalue weighted by Gasteiger charge is 2.40. The Bertz CT molecular complexity index is 343. The van der Waals surface area contributed by atoms with E-state index in [0.29, 0.717) is 0 Å². The van der Waals surface area contributed by atoms with Gasteiger partial charge < -0.3 is 18.4 Å². The molecule has 4 nitrogen and oxygen atoms in total. The van der Waals surface area contributed by atoms with Crippen LogP contribution < -0.4 is 5.19 Å². The molecule has 1 aromatic rings. The fraction of sp³-hybridized carbons (Fsp3) is 0.500. The molecule has 0 bridgehead atoms. The van der Waals surface area contributed by atoms with Gasteiger partial charge in [0.2, 0.25) is 0 Å². The van der Waals surface area contributed by atoms with E-state index in [2.05, 4.69) is 0 Å². The van der Waals surface area contributed by atoms with E-state index in [1.54, 1.807) is 35.2 Å². The Morgan fingerprint density at radius 2 is 1.35 bits per heavy atom. The van der Waals surface area contributed by atoms with Crippen molar-refractivity contribution in [2.24, 2.45) is 0 Å². The van der Waals surface area contributed by atoms with E-state index in [1.807, 2.05) is 24.3 Å². The molecule has 1 rings (SSSR count). The minimum Gasteiger partial charge on any atom is -0.386 e. The van der Waals surface area contributed by atoms with Crippen LogP contribution in [0.5, 0.6) is 0 Å². The van der Waals surface area contributed by atoms with Gasteiger partial charge in [-0.1, -0.05) is 24.3 Å². The molecule has 0 aliphatic rings. The SMILES string of the molecule is CO[Si](OC)(OC)c1ccc(C(C)(C)O)cc1. The van der Waals surface area contributed by atoms with Crippen molar-refractivity contribution in [2.45, 2.75) is 19.4 Å². The monoisotopic (exact) mass is 256 g/mol. The first-order valence-corrected chi connectivity index (χ1v) is 7.11. The van der Waals surface area contributed by atoms with Crippen molar-refractivity contribution in [2.75, 3.05) is 21.3 Å². The Kier molecular flexibility index (Phi) is 4.46. The Hall–Kier alpha value is -0.723. The maximum Gasteiger partial charge on any atom is 0.536 e. The predicted octanol–water partition coefficient (Wildman–Crippen LogP) is 0.999. The highest BCUT2D eigenvalue weighted by molar-refractivity contribution is 6.75. The van der Waals surface area contributed by atoms with Gasteiger partial charge in [0.15, 0.2) is 0 Å².